The number of halogens is 1. The standard InChI is InChI=1S/C19H23ClN2O5/c1-9-7-13(20)5-6-14(9)27-10(2)17(23)21-22-18(24)15-11-3-4-12(8-11)16(15)19(25)26/h5-7,10-12,15-16H,3-4,8H2,1-2H3,(H,21,23)(H,22,24)(H,25,26). The number of aryl methyl sites for hydroxylation is 1. The van der Waals surface area contributed by atoms with E-state index in [2.05, 4.69) is 10.9 Å². The minimum absolute atomic E-state index is 0.0501. The molecule has 0 heterocycles. The number of carbonyl (C=O) groups excluding carboxylic acids is 2. The number of rotatable bonds is 5. The highest BCUT2D eigenvalue weighted by atomic mass is 35.5. The number of aliphatic carboxylic acids is 1. The largest absolute Gasteiger partial charge is 0.481 e. The molecule has 1 aromatic carbocycles. The van der Waals surface area contributed by atoms with E-state index >= 15 is 0 Å². The first-order valence-electron chi connectivity index (χ1n) is 9.03. The zero-order chi connectivity index (χ0) is 19.7. The van der Waals surface area contributed by atoms with Crippen molar-refractivity contribution < 1.29 is 24.2 Å². The molecule has 0 radical (unpaired) electrons. The molecule has 0 aliphatic heterocycles. The molecule has 2 aliphatic carbocycles. The number of fused-ring (bicyclic) bond motifs is 2. The van der Waals surface area contributed by atoms with E-state index in [4.69, 9.17) is 16.3 Å². The highest BCUT2D eigenvalue weighted by Crippen LogP contribution is 2.52. The van der Waals surface area contributed by atoms with Crippen LogP contribution in [0.4, 0.5) is 0 Å². The molecular weight excluding hydrogens is 372 g/mol. The van der Waals surface area contributed by atoms with Gasteiger partial charge in [-0.3, -0.25) is 25.2 Å². The van der Waals surface area contributed by atoms with Crippen molar-refractivity contribution in [2.45, 2.75) is 39.2 Å². The summed E-state index contributed by atoms with van der Waals surface area (Å²) in [7, 11) is 0. The van der Waals surface area contributed by atoms with Crippen molar-refractivity contribution in [3.05, 3.63) is 28.8 Å². The number of amides is 2. The zero-order valence-electron chi connectivity index (χ0n) is 15.2. The molecule has 7 nitrogen and oxygen atoms in total. The maximum Gasteiger partial charge on any atom is 0.307 e. The second kappa shape index (κ2) is 7.76. The molecular formula is C19H23ClN2O5. The Hall–Kier alpha value is -2.28. The Kier molecular flexibility index (Phi) is 5.60. The second-order valence-electron chi connectivity index (χ2n) is 7.37. The van der Waals surface area contributed by atoms with E-state index in [-0.39, 0.29) is 11.8 Å². The molecule has 1 aromatic rings. The van der Waals surface area contributed by atoms with E-state index in [0.717, 1.165) is 24.8 Å². The Bertz CT molecular complexity index is 768. The van der Waals surface area contributed by atoms with Gasteiger partial charge in [0.1, 0.15) is 5.75 Å². The number of carbonyl (C=O) groups is 3. The molecule has 2 aliphatic rings. The third-order valence-corrected chi connectivity index (χ3v) is 5.86. The average Bonchev–Trinajstić information content (AvgIpc) is 3.22. The lowest BCUT2D eigenvalue weighted by molar-refractivity contribution is -0.150. The summed E-state index contributed by atoms with van der Waals surface area (Å²) in [6.45, 7) is 3.38. The van der Waals surface area contributed by atoms with Crippen molar-refractivity contribution in [1.82, 2.24) is 10.9 Å². The number of hydrogen-bond donors (Lipinski definition) is 3. The predicted octanol–water partition coefficient (Wildman–Crippen LogP) is 2.31. The quantitative estimate of drug-likeness (QED) is 0.665. The second-order valence-corrected chi connectivity index (χ2v) is 7.81. The number of carboxylic acids is 1. The van der Waals surface area contributed by atoms with Gasteiger partial charge in [0.05, 0.1) is 11.8 Å². The molecule has 0 spiro atoms. The summed E-state index contributed by atoms with van der Waals surface area (Å²) >= 11 is 5.90. The van der Waals surface area contributed by atoms with E-state index in [9.17, 15) is 19.5 Å². The maximum absolute atomic E-state index is 12.5. The molecule has 2 amide bonds. The number of nitrogens with one attached hydrogen (secondary N) is 2. The van der Waals surface area contributed by atoms with Gasteiger partial charge < -0.3 is 9.84 Å². The summed E-state index contributed by atoms with van der Waals surface area (Å²) in [6, 6.07) is 5.06. The summed E-state index contributed by atoms with van der Waals surface area (Å²) in [6.07, 6.45) is 1.62. The molecule has 0 aromatic heterocycles. The van der Waals surface area contributed by atoms with Crippen LogP contribution in [-0.2, 0) is 14.4 Å². The van der Waals surface area contributed by atoms with Crippen LogP contribution in [0, 0.1) is 30.6 Å². The summed E-state index contributed by atoms with van der Waals surface area (Å²) < 4.78 is 5.61. The van der Waals surface area contributed by atoms with Crippen LogP contribution in [0.5, 0.6) is 5.75 Å². The number of hydrazine groups is 1. The monoisotopic (exact) mass is 394 g/mol. The highest BCUT2D eigenvalue weighted by Gasteiger charge is 2.54. The molecule has 8 heteroatoms. The fraction of sp³-hybridized carbons (Fsp3) is 0.526. The number of hydrogen-bond acceptors (Lipinski definition) is 4. The molecule has 2 saturated carbocycles. The molecule has 0 saturated heterocycles. The van der Waals surface area contributed by atoms with Gasteiger partial charge >= 0.3 is 5.97 Å². The predicted molar refractivity (Wildman–Crippen MR) is 98.0 cm³/mol. The van der Waals surface area contributed by atoms with Gasteiger partial charge in [0.15, 0.2) is 6.10 Å². The minimum Gasteiger partial charge on any atom is -0.481 e. The fourth-order valence-corrected chi connectivity index (χ4v) is 4.55. The minimum atomic E-state index is -0.941. The third-order valence-electron chi connectivity index (χ3n) is 5.62. The van der Waals surface area contributed by atoms with Crippen LogP contribution < -0.4 is 15.6 Å². The van der Waals surface area contributed by atoms with Crippen LogP contribution in [0.25, 0.3) is 0 Å². The first kappa shape index (κ1) is 19.5. The van der Waals surface area contributed by atoms with Crippen LogP contribution in [-0.4, -0.2) is 29.0 Å². The van der Waals surface area contributed by atoms with Crippen molar-refractivity contribution in [3.8, 4) is 5.75 Å². The third kappa shape index (κ3) is 4.03. The summed E-state index contributed by atoms with van der Waals surface area (Å²) in [5.41, 5.74) is 5.52. The topological polar surface area (TPSA) is 105 Å². The van der Waals surface area contributed by atoms with Gasteiger partial charge in [-0.05, 0) is 68.7 Å². The Morgan fingerprint density at radius 2 is 1.85 bits per heavy atom. The molecule has 2 fully saturated rings. The summed E-state index contributed by atoms with van der Waals surface area (Å²) in [5, 5.41) is 10.0. The molecule has 5 unspecified atom stereocenters. The van der Waals surface area contributed by atoms with Gasteiger partial charge in [0.25, 0.3) is 5.91 Å². The van der Waals surface area contributed by atoms with Crippen LogP contribution in [0.3, 0.4) is 0 Å². The lowest BCUT2D eigenvalue weighted by atomic mass is 9.79. The van der Waals surface area contributed by atoms with E-state index in [1.54, 1.807) is 25.1 Å². The van der Waals surface area contributed by atoms with Crippen LogP contribution in [0.2, 0.25) is 5.02 Å². The Labute approximate surface area is 162 Å². The molecule has 3 rings (SSSR count). The molecule has 146 valence electrons. The first-order chi connectivity index (χ1) is 12.8. The Morgan fingerprint density at radius 3 is 2.48 bits per heavy atom. The van der Waals surface area contributed by atoms with Crippen LogP contribution in [0.15, 0.2) is 18.2 Å². The molecule has 27 heavy (non-hydrogen) atoms. The van der Waals surface area contributed by atoms with Gasteiger partial charge in [0.2, 0.25) is 5.91 Å². The average molecular weight is 395 g/mol. The Balaban J connectivity index is 1.55. The van der Waals surface area contributed by atoms with E-state index in [1.807, 2.05) is 6.92 Å². The van der Waals surface area contributed by atoms with Gasteiger partial charge in [-0.2, -0.15) is 0 Å². The number of benzene rings is 1. The number of carboxylic acid groups (broad SMARTS) is 1. The van der Waals surface area contributed by atoms with Gasteiger partial charge in [0, 0.05) is 5.02 Å². The van der Waals surface area contributed by atoms with Crippen LogP contribution in [0.1, 0.15) is 31.7 Å². The summed E-state index contributed by atoms with van der Waals surface area (Å²) in [5.74, 6) is -2.55. The van der Waals surface area contributed by atoms with E-state index < -0.39 is 35.7 Å². The lowest BCUT2D eigenvalue weighted by Crippen LogP contribution is -2.51. The number of ether oxygens (including phenoxy) is 1. The van der Waals surface area contributed by atoms with Crippen LogP contribution >= 0.6 is 11.6 Å². The van der Waals surface area contributed by atoms with Gasteiger partial charge in [-0.15, -0.1) is 0 Å². The van der Waals surface area contributed by atoms with Crippen molar-refractivity contribution in [3.63, 3.8) is 0 Å². The lowest BCUT2D eigenvalue weighted by Gasteiger charge is -2.27. The van der Waals surface area contributed by atoms with E-state index in [1.165, 1.54) is 0 Å². The van der Waals surface area contributed by atoms with Gasteiger partial charge in [-0.1, -0.05) is 11.6 Å². The molecule has 3 N–H and O–H groups in total. The molecule has 5 atom stereocenters. The zero-order valence-corrected chi connectivity index (χ0v) is 16.0. The fourth-order valence-electron chi connectivity index (χ4n) is 4.32. The SMILES string of the molecule is Cc1cc(Cl)ccc1OC(C)C(=O)NNC(=O)C1C2CCC(C2)C1C(=O)O. The van der Waals surface area contributed by atoms with E-state index in [0.29, 0.717) is 10.8 Å². The Morgan fingerprint density at radius 1 is 1.19 bits per heavy atom. The van der Waals surface area contributed by atoms with Crippen molar-refractivity contribution in [2.75, 3.05) is 0 Å². The maximum atomic E-state index is 12.5. The van der Waals surface area contributed by atoms with Crippen molar-refractivity contribution in [2.24, 2.45) is 23.7 Å². The summed E-state index contributed by atoms with van der Waals surface area (Å²) in [4.78, 5) is 36.2. The first-order valence-corrected chi connectivity index (χ1v) is 9.41. The highest BCUT2D eigenvalue weighted by molar-refractivity contribution is 6.30. The normalized spacial score (nSPS) is 27.1. The molecule has 2 bridgehead atoms. The smallest absolute Gasteiger partial charge is 0.307 e. The van der Waals surface area contributed by atoms with Gasteiger partial charge in [-0.25, -0.2) is 0 Å². The van der Waals surface area contributed by atoms with Crippen molar-refractivity contribution >= 4 is 29.4 Å². The van der Waals surface area contributed by atoms with Crippen molar-refractivity contribution in [1.29, 1.82) is 0 Å².